The quantitative estimate of drug-likeness (QED) is 0.303. The number of anilines is 2. The summed E-state index contributed by atoms with van der Waals surface area (Å²) < 4.78 is 13.8. The lowest BCUT2D eigenvalue weighted by atomic mass is 9.90. The Morgan fingerprint density at radius 3 is 2.24 bits per heavy atom. The maximum absolute atomic E-state index is 5.99. The number of benzene rings is 3. The van der Waals surface area contributed by atoms with Gasteiger partial charge in [-0.25, -0.2) is 0 Å². The van der Waals surface area contributed by atoms with Gasteiger partial charge < -0.3 is 18.9 Å². The Kier molecular flexibility index (Phi) is 6.34. The molecule has 0 saturated carbocycles. The van der Waals surface area contributed by atoms with Crippen molar-refractivity contribution in [3.63, 3.8) is 0 Å². The van der Waals surface area contributed by atoms with Crippen LogP contribution >= 0.6 is 0 Å². The number of rotatable bonds is 8. The molecule has 0 bridgehead atoms. The minimum absolute atomic E-state index is 0.274. The van der Waals surface area contributed by atoms with Crippen LogP contribution < -0.4 is 14.4 Å². The topological polar surface area (TPSA) is 26.6 Å². The van der Waals surface area contributed by atoms with Crippen molar-refractivity contribution in [3.8, 4) is 11.5 Å². The third-order valence-electron chi connectivity index (χ3n) is 6.23. The minimum Gasteiger partial charge on any atom is -0.494 e. The molecule has 5 rings (SSSR count). The van der Waals surface area contributed by atoms with Gasteiger partial charge in [-0.15, -0.1) is 0 Å². The van der Waals surface area contributed by atoms with Crippen molar-refractivity contribution in [1.29, 1.82) is 0 Å². The fourth-order valence-corrected chi connectivity index (χ4v) is 4.63. The predicted molar refractivity (Wildman–Crippen MR) is 134 cm³/mol. The van der Waals surface area contributed by atoms with E-state index in [-0.39, 0.29) is 6.04 Å². The molecule has 168 valence electrons. The van der Waals surface area contributed by atoms with Gasteiger partial charge in [-0.3, -0.25) is 0 Å². The summed E-state index contributed by atoms with van der Waals surface area (Å²) in [5.74, 6) is 1.82. The van der Waals surface area contributed by atoms with Crippen LogP contribution in [0.5, 0.6) is 11.5 Å². The Morgan fingerprint density at radius 2 is 1.48 bits per heavy atom. The number of hydrogen-bond acceptors (Lipinski definition) is 3. The molecule has 0 fully saturated rings. The lowest BCUT2D eigenvalue weighted by Crippen LogP contribution is -2.29. The fourth-order valence-electron chi connectivity index (χ4n) is 4.63. The first-order valence-electron chi connectivity index (χ1n) is 11.8. The largest absolute Gasteiger partial charge is 0.494 e. The second-order valence-electron chi connectivity index (χ2n) is 8.32. The van der Waals surface area contributed by atoms with Crippen LogP contribution in [0, 0.1) is 0 Å². The Morgan fingerprint density at radius 1 is 0.788 bits per heavy atom. The van der Waals surface area contributed by atoms with E-state index < -0.39 is 0 Å². The fraction of sp³-hybridized carbons (Fsp3) is 0.241. The van der Waals surface area contributed by atoms with Gasteiger partial charge in [-0.1, -0.05) is 30.3 Å². The monoisotopic (exact) mass is 438 g/mol. The van der Waals surface area contributed by atoms with Crippen LogP contribution in [0.1, 0.15) is 30.5 Å². The van der Waals surface area contributed by atoms with E-state index in [1.807, 2.05) is 19.1 Å². The highest BCUT2D eigenvalue weighted by atomic mass is 16.5. The molecule has 1 aromatic heterocycles. The number of aromatic nitrogens is 1. The second-order valence-corrected chi connectivity index (χ2v) is 8.32. The Hall–Kier alpha value is -3.66. The number of hydrogen-bond donors (Lipinski definition) is 0. The Balaban J connectivity index is 1.38. The van der Waals surface area contributed by atoms with Gasteiger partial charge in [0.1, 0.15) is 18.1 Å². The summed E-state index contributed by atoms with van der Waals surface area (Å²) in [4.78, 5) is 2.47. The third kappa shape index (κ3) is 4.75. The summed E-state index contributed by atoms with van der Waals surface area (Å²) in [7, 11) is 0. The van der Waals surface area contributed by atoms with Gasteiger partial charge in [0.05, 0.1) is 19.2 Å². The molecule has 0 N–H and O–H groups in total. The molecule has 1 aliphatic heterocycles. The van der Waals surface area contributed by atoms with Crippen LogP contribution in [0.15, 0.2) is 97.3 Å². The number of fused-ring (bicyclic) bond motifs is 1. The average molecular weight is 439 g/mol. The van der Waals surface area contributed by atoms with E-state index in [0.29, 0.717) is 13.2 Å². The number of para-hydroxylation sites is 1. The molecule has 0 aliphatic carbocycles. The van der Waals surface area contributed by atoms with Gasteiger partial charge in [0.2, 0.25) is 0 Å². The zero-order valence-electron chi connectivity index (χ0n) is 19.1. The molecule has 4 nitrogen and oxygen atoms in total. The molecule has 33 heavy (non-hydrogen) atoms. The van der Waals surface area contributed by atoms with Crippen LogP contribution in [-0.4, -0.2) is 17.8 Å². The zero-order valence-corrected chi connectivity index (χ0v) is 19.1. The molecule has 4 aromatic rings. The summed E-state index contributed by atoms with van der Waals surface area (Å²) >= 11 is 0. The molecular weight excluding hydrogens is 408 g/mol. The second kappa shape index (κ2) is 9.86. The maximum Gasteiger partial charge on any atom is 0.119 e. The van der Waals surface area contributed by atoms with Gasteiger partial charge in [-0.2, -0.15) is 0 Å². The lowest BCUT2D eigenvalue weighted by molar-refractivity contribution is 0.298. The van der Waals surface area contributed by atoms with Gasteiger partial charge in [0.15, 0.2) is 0 Å². The van der Waals surface area contributed by atoms with Crippen LogP contribution in [0.3, 0.4) is 0 Å². The van der Waals surface area contributed by atoms with Crippen molar-refractivity contribution in [2.45, 2.75) is 32.4 Å². The van der Waals surface area contributed by atoms with Crippen LogP contribution in [0.25, 0.3) is 0 Å². The van der Waals surface area contributed by atoms with Crippen molar-refractivity contribution in [2.75, 3.05) is 18.1 Å². The van der Waals surface area contributed by atoms with Gasteiger partial charge in [0, 0.05) is 23.8 Å². The van der Waals surface area contributed by atoms with E-state index in [0.717, 1.165) is 30.9 Å². The van der Waals surface area contributed by atoms with E-state index in [1.54, 1.807) is 0 Å². The van der Waals surface area contributed by atoms with E-state index >= 15 is 0 Å². The van der Waals surface area contributed by atoms with Crippen molar-refractivity contribution in [2.24, 2.45) is 0 Å². The van der Waals surface area contributed by atoms with Crippen molar-refractivity contribution >= 4 is 11.4 Å². The maximum atomic E-state index is 5.99. The average Bonchev–Trinajstić information content (AvgIpc) is 3.38. The van der Waals surface area contributed by atoms with Gasteiger partial charge in [-0.05, 0) is 85.5 Å². The smallest absolute Gasteiger partial charge is 0.119 e. The SMILES string of the molecule is CCOc1ccc(C2CCc3ccccc3N2c2ccc(OCCn3cccc3)cc2)cc1. The zero-order chi connectivity index (χ0) is 22.5. The van der Waals surface area contributed by atoms with Crippen molar-refractivity contribution in [1.82, 2.24) is 4.57 Å². The molecular formula is C29H30N2O2. The van der Waals surface area contributed by atoms with E-state index in [9.17, 15) is 0 Å². The summed E-state index contributed by atoms with van der Waals surface area (Å²) in [6.45, 7) is 4.19. The van der Waals surface area contributed by atoms with Crippen LogP contribution in [0.2, 0.25) is 0 Å². The Labute approximate surface area is 196 Å². The molecule has 2 heterocycles. The standard InChI is InChI=1S/C29H30N2O2/c1-2-32-26-14-9-24(10-15-26)29-18-11-23-7-3-4-8-28(23)31(29)25-12-16-27(17-13-25)33-22-21-30-19-5-6-20-30/h3-10,12-17,19-20,29H,2,11,18,21-22H2,1H3. The van der Waals surface area contributed by atoms with Gasteiger partial charge >= 0.3 is 0 Å². The first kappa shape index (κ1) is 21.2. The highest BCUT2D eigenvalue weighted by molar-refractivity contribution is 5.70. The summed E-state index contributed by atoms with van der Waals surface area (Å²) in [6, 6.07) is 30.2. The normalized spacial score (nSPS) is 15.2. The number of aryl methyl sites for hydroxylation is 1. The van der Waals surface area contributed by atoms with E-state index in [1.165, 1.54) is 22.5 Å². The molecule has 0 saturated heterocycles. The lowest BCUT2D eigenvalue weighted by Gasteiger charge is -2.39. The highest BCUT2D eigenvalue weighted by Gasteiger charge is 2.28. The predicted octanol–water partition coefficient (Wildman–Crippen LogP) is 6.79. The highest BCUT2D eigenvalue weighted by Crippen LogP contribution is 2.44. The first-order valence-corrected chi connectivity index (χ1v) is 11.8. The first-order chi connectivity index (χ1) is 16.3. The summed E-state index contributed by atoms with van der Waals surface area (Å²) in [5.41, 5.74) is 5.16. The molecule has 1 unspecified atom stereocenters. The number of ether oxygens (including phenoxy) is 2. The molecule has 1 atom stereocenters. The van der Waals surface area contributed by atoms with E-state index in [4.69, 9.17) is 9.47 Å². The minimum atomic E-state index is 0.274. The summed E-state index contributed by atoms with van der Waals surface area (Å²) in [5, 5.41) is 0. The van der Waals surface area contributed by atoms with Crippen molar-refractivity contribution < 1.29 is 9.47 Å². The van der Waals surface area contributed by atoms with Crippen LogP contribution in [-0.2, 0) is 13.0 Å². The molecule has 0 spiro atoms. The van der Waals surface area contributed by atoms with Crippen molar-refractivity contribution in [3.05, 3.63) is 108 Å². The molecule has 1 aliphatic rings. The van der Waals surface area contributed by atoms with E-state index in [2.05, 4.69) is 94.7 Å². The van der Waals surface area contributed by atoms with Crippen LogP contribution in [0.4, 0.5) is 11.4 Å². The molecule has 4 heteroatoms. The molecule has 3 aromatic carbocycles. The Bertz CT molecular complexity index is 1150. The third-order valence-corrected chi connectivity index (χ3v) is 6.23. The van der Waals surface area contributed by atoms with Gasteiger partial charge in [0.25, 0.3) is 0 Å². The summed E-state index contributed by atoms with van der Waals surface area (Å²) in [6.07, 6.45) is 6.26. The molecule has 0 radical (unpaired) electrons. The number of nitrogens with zero attached hydrogens (tertiary/aromatic N) is 2. The molecule has 0 amide bonds.